The maximum Gasteiger partial charge on any atom is 0.150 e. The predicted octanol–water partition coefficient (Wildman–Crippen LogP) is 1.79. The zero-order valence-corrected chi connectivity index (χ0v) is 11.2. The van der Waals surface area contributed by atoms with E-state index in [1.807, 2.05) is 19.2 Å². The van der Waals surface area contributed by atoms with E-state index in [9.17, 15) is 4.39 Å². The average molecular weight is 251 g/mol. The summed E-state index contributed by atoms with van der Waals surface area (Å²) >= 11 is 0. The number of halogens is 1. The van der Waals surface area contributed by atoms with Gasteiger partial charge in [-0.05, 0) is 39.0 Å². The van der Waals surface area contributed by atoms with Crippen molar-refractivity contribution in [2.75, 3.05) is 39.5 Å². The van der Waals surface area contributed by atoms with Crippen LogP contribution in [0, 0.1) is 11.7 Å². The summed E-state index contributed by atoms with van der Waals surface area (Å²) in [6, 6.07) is 5.22. The minimum atomic E-state index is -0.270. The van der Waals surface area contributed by atoms with Crippen molar-refractivity contribution in [2.45, 2.75) is 13.0 Å². The van der Waals surface area contributed by atoms with E-state index in [0.29, 0.717) is 18.0 Å². The lowest BCUT2D eigenvalue weighted by atomic mass is 10.1. The first-order chi connectivity index (χ1) is 8.56. The molecular formula is C14H22FN3. The monoisotopic (exact) mass is 251 g/mol. The molecule has 1 saturated heterocycles. The number of nitrogens with two attached hydrogens (primary N) is 1. The van der Waals surface area contributed by atoms with E-state index in [1.54, 1.807) is 6.07 Å². The summed E-state index contributed by atoms with van der Waals surface area (Å²) in [5.74, 6) is 0.428. The molecule has 100 valence electrons. The van der Waals surface area contributed by atoms with Crippen molar-refractivity contribution in [3.8, 4) is 0 Å². The summed E-state index contributed by atoms with van der Waals surface area (Å²) in [4.78, 5) is 4.53. The van der Waals surface area contributed by atoms with Crippen molar-refractivity contribution in [1.82, 2.24) is 9.80 Å². The molecule has 0 saturated carbocycles. The van der Waals surface area contributed by atoms with Crippen molar-refractivity contribution in [1.29, 1.82) is 0 Å². The fourth-order valence-corrected chi connectivity index (χ4v) is 2.69. The zero-order chi connectivity index (χ0) is 13.1. The lowest BCUT2D eigenvalue weighted by Gasteiger charge is -2.21. The van der Waals surface area contributed by atoms with Gasteiger partial charge in [-0.15, -0.1) is 0 Å². The van der Waals surface area contributed by atoms with Gasteiger partial charge in [-0.3, -0.25) is 0 Å². The second-order valence-corrected chi connectivity index (χ2v) is 5.43. The molecule has 1 aromatic rings. The molecule has 18 heavy (non-hydrogen) atoms. The van der Waals surface area contributed by atoms with Gasteiger partial charge >= 0.3 is 0 Å². The Balaban J connectivity index is 1.90. The Bertz CT molecular complexity index is 408. The topological polar surface area (TPSA) is 32.5 Å². The molecule has 3 nitrogen and oxygen atoms in total. The number of anilines is 1. The van der Waals surface area contributed by atoms with Crippen LogP contribution < -0.4 is 5.73 Å². The summed E-state index contributed by atoms with van der Waals surface area (Å²) in [7, 11) is 4.19. The van der Waals surface area contributed by atoms with Crippen LogP contribution in [0.1, 0.15) is 12.0 Å². The van der Waals surface area contributed by atoms with Crippen molar-refractivity contribution >= 4 is 5.69 Å². The van der Waals surface area contributed by atoms with Crippen LogP contribution in [0.4, 0.5) is 10.1 Å². The molecule has 1 atom stereocenters. The van der Waals surface area contributed by atoms with Crippen LogP contribution in [0.2, 0.25) is 0 Å². The molecule has 0 aromatic heterocycles. The second-order valence-electron chi connectivity index (χ2n) is 5.43. The zero-order valence-electron chi connectivity index (χ0n) is 11.2. The smallest absolute Gasteiger partial charge is 0.150 e. The van der Waals surface area contributed by atoms with Gasteiger partial charge in [0.15, 0.2) is 5.82 Å². The molecule has 1 fully saturated rings. The minimum Gasteiger partial charge on any atom is -0.396 e. The standard InChI is InChI=1S/C14H22FN3/c1-17-7-6-11(8-17)9-18(2)10-12-4-3-5-13(16)14(12)15/h3-5,11H,6-10,16H2,1-2H3. The van der Waals surface area contributed by atoms with E-state index in [0.717, 1.165) is 13.1 Å². The molecule has 1 aromatic carbocycles. The molecule has 0 radical (unpaired) electrons. The Hall–Kier alpha value is -1.13. The van der Waals surface area contributed by atoms with Crippen LogP contribution in [0.5, 0.6) is 0 Å². The van der Waals surface area contributed by atoms with Gasteiger partial charge in [-0.1, -0.05) is 12.1 Å². The quantitative estimate of drug-likeness (QED) is 0.828. The highest BCUT2D eigenvalue weighted by Gasteiger charge is 2.21. The first kappa shape index (κ1) is 13.3. The van der Waals surface area contributed by atoms with Crippen molar-refractivity contribution < 1.29 is 4.39 Å². The van der Waals surface area contributed by atoms with Gasteiger partial charge in [0.1, 0.15) is 0 Å². The molecule has 0 spiro atoms. The highest BCUT2D eigenvalue weighted by molar-refractivity contribution is 5.42. The Morgan fingerprint density at radius 2 is 2.28 bits per heavy atom. The van der Waals surface area contributed by atoms with E-state index in [4.69, 9.17) is 5.73 Å². The van der Waals surface area contributed by atoms with Crippen LogP contribution in [0.15, 0.2) is 18.2 Å². The highest BCUT2D eigenvalue weighted by atomic mass is 19.1. The number of nitrogen functional groups attached to an aromatic ring is 1. The van der Waals surface area contributed by atoms with Crippen LogP contribution in [-0.2, 0) is 6.54 Å². The molecule has 0 aliphatic carbocycles. The maximum absolute atomic E-state index is 13.8. The summed E-state index contributed by atoms with van der Waals surface area (Å²) in [5, 5.41) is 0. The molecule has 2 rings (SSSR count). The third-order valence-electron chi connectivity index (χ3n) is 3.61. The fourth-order valence-electron chi connectivity index (χ4n) is 2.69. The van der Waals surface area contributed by atoms with Crippen molar-refractivity contribution in [3.05, 3.63) is 29.6 Å². The lowest BCUT2D eigenvalue weighted by molar-refractivity contribution is 0.264. The molecule has 1 aliphatic heterocycles. The lowest BCUT2D eigenvalue weighted by Crippen LogP contribution is -2.27. The van der Waals surface area contributed by atoms with Crippen LogP contribution in [-0.4, -0.2) is 43.5 Å². The van der Waals surface area contributed by atoms with E-state index in [-0.39, 0.29) is 11.5 Å². The largest absolute Gasteiger partial charge is 0.396 e. The maximum atomic E-state index is 13.8. The van der Waals surface area contributed by atoms with Crippen LogP contribution in [0.25, 0.3) is 0 Å². The number of nitrogens with zero attached hydrogens (tertiary/aromatic N) is 2. The second kappa shape index (κ2) is 5.67. The molecule has 4 heteroatoms. The first-order valence-corrected chi connectivity index (χ1v) is 6.46. The normalized spacial score (nSPS) is 20.8. The molecular weight excluding hydrogens is 229 g/mol. The van der Waals surface area contributed by atoms with Gasteiger partial charge in [-0.25, -0.2) is 4.39 Å². The Kier molecular flexibility index (Phi) is 4.19. The van der Waals surface area contributed by atoms with E-state index in [1.165, 1.54) is 13.0 Å². The van der Waals surface area contributed by atoms with Gasteiger partial charge in [0.25, 0.3) is 0 Å². The number of hydrogen-bond acceptors (Lipinski definition) is 3. The molecule has 0 amide bonds. The number of rotatable bonds is 4. The van der Waals surface area contributed by atoms with Gasteiger partial charge in [0.2, 0.25) is 0 Å². The Morgan fingerprint density at radius 1 is 1.50 bits per heavy atom. The van der Waals surface area contributed by atoms with Gasteiger partial charge in [0, 0.05) is 25.2 Å². The predicted molar refractivity (Wildman–Crippen MR) is 72.8 cm³/mol. The summed E-state index contributed by atoms with van der Waals surface area (Å²) in [6.07, 6.45) is 1.24. The molecule has 1 unspecified atom stereocenters. The van der Waals surface area contributed by atoms with E-state index >= 15 is 0 Å². The van der Waals surface area contributed by atoms with Gasteiger partial charge < -0.3 is 15.5 Å². The Labute approximate surface area is 108 Å². The number of likely N-dealkylation sites (tertiary alicyclic amines) is 1. The SMILES string of the molecule is CN1CCC(CN(C)Cc2cccc(N)c2F)C1. The third kappa shape index (κ3) is 3.21. The third-order valence-corrected chi connectivity index (χ3v) is 3.61. The number of benzene rings is 1. The summed E-state index contributed by atoms with van der Waals surface area (Å²) in [5.41, 5.74) is 6.50. The highest BCUT2D eigenvalue weighted by Crippen LogP contribution is 2.19. The van der Waals surface area contributed by atoms with Gasteiger partial charge in [-0.2, -0.15) is 0 Å². The molecule has 1 heterocycles. The molecule has 2 N–H and O–H groups in total. The van der Waals surface area contributed by atoms with E-state index in [2.05, 4.69) is 16.8 Å². The average Bonchev–Trinajstić information content (AvgIpc) is 2.70. The number of hydrogen-bond donors (Lipinski definition) is 1. The van der Waals surface area contributed by atoms with Gasteiger partial charge in [0.05, 0.1) is 5.69 Å². The van der Waals surface area contributed by atoms with Crippen LogP contribution in [0.3, 0.4) is 0 Å². The molecule has 1 aliphatic rings. The summed E-state index contributed by atoms with van der Waals surface area (Å²) in [6.45, 7) is 3.95. The van der Waals surface area contributed by atoms with Crippen LogP contribution >= 0.6 is 0 Å². The Morgan fingerprint density at radius 3 is 2.94 bits per heavy atom. The van der Waals surface area contributed by atoms with E-state index < -0.39 is 0 Å². The summed E-state index contributed by atoms with van der Waals surface area (Å²) < 4.78 is 13.8. The molecule has 0 bridgehead atoms. The fraction of sp³-hybridized carbons (Fsp3) is 0.571. The first-order valence-electron chi connectivity index (χ1n) is 6.46. The minimum absolute atomic E-state index is 0.237. The van der Waals surface area contributed by atoms with Crippen molar-refractivity contribution in [3.63, 3.8) is 0 Å². The van der Waals surface area contributed by atoms with Crippen molar-refractivity contribution in [2.24, 2.45) is 5.92 Å².